The maximum absolute atomic E-state index is 11.1. The van der Waals surface area contributed by atoms with E-state index < -0.39 is 8.32 Å². The van der Waals surface area contributed by atoms with Crippen LogP contribution in [0.25, 0.3) is 0 Å². The van der Waals surface area contributed by atoms with Crippen molar-refractivity contribution >= 4 is 14.6 Å². The molecule has 0 spiro atoms. The molecule has 1 heterocycles. The van der Waals surface area contributed by atoms with Crippen LogP contribution in [0.3, 0.4) is 0 Å². The first-order chi connectivity index (χ1) is 9.15. The molecule has 0 N–H and O–H groups in total. The second-order valence-corrected chi connectivity index (χ2v) is 11.7. The van der Waals surface area contributed by atoms with Gasteiger partial charge in [0.25, 0.3) is 0 Å². The lowest BCUT2D eigenvalue weighted by atomic mass is 9.99. The first-order valence-electron chi connectivity index (χ1n) is 7.43. The lowest BCUT2D eigenvalue weighted by Crippen LogP contribution is -2.47. The Labute approximate surface area is 124 Å². The Morgan fingerprint density at radius 3 is 2.45 bits per heavy atom. The summed E-state index contributed by atoms with van der Waals surface area (Å²) >= 11 is 0. The van der Waals surface area contributed by atoms with Gasteiger partial charge in [0, 0.05) is 19.4 Å². The molecule has 0 aromatic rings. The predicted octanol–water partition coefficient (Wildman–Crippen LogP) is 3.22. The van der Waals surface area contributed by atoms with Crippen LogP contribution in [-0.4, -0.2) is 40.7 Å². The highest BCUT2D eigenvalue weighted by atomic mass is 28.4. The van der Waals surface area contributed by atoms with Gasteiger partial charge >= 0.3 is 0 Å². The zero-order valence-electron chi connectivity index (χ0n) is 13.9. The van der Waals surface area contributed by atoms with Crippen LogP contribution in [-0.2, 0) is 18.7 Å². The van der Waals surface area contributed by atoms with Crippen LogP contribution in [0.15, 0.2) is 0 Å². The average molecular weight is 302 g/mol. The van der Waals surface area contributed by atoms with E-state index in [0.29, 0.717) is 18.9 Å². The van der Waals surface area contributed by atoms with E-state index in [0.717, 1.165) is 6.29 Å². The van der Waals surface area contributed by atoms with Gasteiger partial charge in [0.05, 0.1) is 12.7 Å². The van der Waals surface area contributed by atoms with E-state index in [4.69, 9.17) is 13.9 Å². The third-order valence-corrected chi connectivity index (χ3v) is 9.88. The topological polar surface area (TPSA) is 44.8 Å². The summed E-state index contributed by atoms with van der Waals surface area (Å²) in [5.74, 6) is 0.439. The Morgan fingerprint density at radius 2 is 2.00 bits per heavy atom. The summed E-state index contributed by atoms with van der Waals surface area (Å²) in [7, 11) is -0.265. The summed E-state index contributed by atoms with van der Waals surface area (Å²) in [6, 6.07) is 0. The molecule has 1 fully saturated rings. The molecule has 1 saturated heterocycles. The van der Waals surface area contributed by atoms with Crippen LogP contribution in [0.4, 0.5) is 0 Å². The van der Waals surface area contributed by atoms with E-state index in [1.807, 2.05) is 0 Å². The number of hydrogen-bond donors (Lipinski definition) is 0. The number of carbonyl (C=O) groups excluding carboxylic acids is 1. The highest BCUT2D eigenvalue weighted by molar-refractivity contribution is 6.74. The minimum absolute atomic E-state index is 0.119. The standard InChI is InChI=1S/C15H30O4Si/c1-11(2)15(3,4)20(6,7)18-10-13-12(9-16)8-14(17-5)19-13/h9,11-14H,8,10H2,1-7H3/t12-,13+,14-/m0/s1. The van der Waals surface area contributed by atoms with Crippen molar-refractivity contribution in [3.63, 3.8) is 0 Å². The molecule has 4 nitrogen and oxygen atoms in total. The Bertz CT molecular complexity index is 328. The molecule has 3 atom stereocenters. The normalized spacial score (nSPS) is 28.1. The number of carbonyl (C=O) groups is 1. The van der Waals surface area contributed by atoms with Crippen molar-refractivity contribution < 1.29 is 18.7 Å². The minimum atomic E-state index is -1.87. The van der Waals surface area contributed by atoms with Gasteiger partial charge in [0.2, 0.25) is 0 Å². The maximum Gasteiger partial charge on any atom is 0.192 e. The molecule has 0 amide bonds. The molecule has 0 bridgehead atoms. The molecule has 0 aromatic heterocycles. The molecule has 1 rings (SSSR count). The van der Waals surface area contributed by atoms with Gasteiger partial charge in [-0.05, 0) is 24.1 Å². The highest BCUT2D eigenvalue weighted by Gasteiger charge is 2.45. The van der Waals surface area contributed by atoms with Gasteiger partial charge in [0.15, 0.2) is 14.6 Å². The fraction of sp³-hybridized carbons (Fsp3) is 0.933. The van der Waals surface area contributed by atoms with Gasteiger partial charge < -0.3 is 18.7 Å². The van der Waals surface area contributed by atoms with Gasteiger partial charge in [-0.1, -0.05) is 27.7 Å². The van der Waals surface area contributed by atoms with Crippen LogP contribution in [0.5, 0.6) is 0 Å². The summed E-state index contributed by atoms with van der Waals surface area (Å²) in [5, 5.41) is 0.170. The van der Waals surface area contributed by atoms with Gasteiger partial charge in [-0.3, -0.25) is 0 Å². The van der Waals surface area contributed by atoms with Gasteiger partial charge in [-0.15, -0.1) is 0 Å². The Hall–Kier alpha value is -0.233. The van der Waals surface area contributed by atoms with Crippen molar-refractivity contribution in [1.29, 1.82) is 0 Å². The van der Waals surface area contributed by atoms with E-state index in [-0.39, 0.29) is 23.4 Å². The molecule has 118 valence electrons. The van der Waals surface area contributed by atoms with Crippen LogP contribution in [0, 0.1) is 11.8 Å². The van der Waals surface area contributed by atoms with Crippen molar-refractivity contribution in [3.05, 3.63) is 0 Å². The monoisotopic (exact) mass is 302 g/mol. The smallest absolute Gasteiger partial charge is 0.192 e. The summed E-state index contributed by atoms with van der Waals surface area (Å²) in [6.45, 7) is 14.0. The molecule has 0 saturated carbocycles. The predicted molar refractivity (Wildman–Crippen MR) is 82.2 cm³/mol. The second-order valence-electron chi connectivity index (χ2n) is 7.07. The quantitative estimate of drug-likeness (QED) is 0.535. The van der Waals surface area contributed by atoms with Crippen molar-refractivity contribution in [3.8, 4) is 0 Å². The Kier molecular flexibility index (Phi) is 5.96. The zero-order chi connectivity index (χ0) is 15.6. The molecule has 5 heteroatoms. The largest absolute Gasteiger partial charge is 0.414 e. The highest BCUT2D eigenvalue weighted by Crippen LogP contribution is 2.44. The van der Waals surface area contributed by atoms with Gasteiger partial charge in [0.1, 0.15) is 6.29 Å². The average Bonchev–Trinajstić information content (AvgIpc) is 2.78. The summed E-state index contributed by atoms with van der Waals surface area (Å²) in [4.78, 5) is 11.1. The van der Waals surface area contributed by atoms with E-state index in [1.165, 1.54) is 0 Å². The number of ether oxygens (including phenoxy) is 2. The SMILES string of the molecule is CO[C@@H]1C[C@@H](C=O)[C@@H](CO[Si](C)(C)C(C)(C)C(C)C)O1. The Morgan fingerprint density at radius 1 is 1.40 bits per heavy atom. The van der Waals surface area contributed by atoms with Crippen LogP contribution in [0.2, 0.25) is 18.1 Å². The third kappa shape index (κ3) is 3.69. The van der Waals surface area contributed by atoms with E-state index >= 15 is 0 Å². The number of rotatable bonds is 7. The Balaban J connectivity index is 2.64. The van der Waals surface area contributed by atoms with Crippen molar-refractivity contribution in [1.82, 2.24) is 0 Å². The molecule has 0 aromatic carbocycles. The molecule has 1 aliphatic rings. The second kappa shape index (κ2) is 6.69. The van der Waals surface area contributed by atoms with Crippen molar-refractivity contribution in [2.45, 2.75) is 64.6 Å². The molecule has 0 unspecified atom stereocenters. The van der Waals surface area contributed by atoms with Gasteiger partial charge in [-0.25, -0.2) is 0 Å². The summed E-state index contributed by atoms with van der Waals surface area (Å²) < 4.78 is 17.2. The molecule has 0 aliphatic carbocycles. The summed E-state index contributed by atoms with van der Waals surface area (Å²) in [5.41, 5.74) is 0. The van der Waals surface area contributed by atoms with Crippen LogP contribution in [0.1, 0.15) is 34.1 Å². The number of aldehydes is 1. The van der Waals surface area contributed by atoms with E-state index in [2.05, 4.69) is 40.8 Å². The van der Waals surface area contributed by atoms with E-state index in [9.17, 15) is 4.79 Å². The molecular formula is C15H30O4Si. The molecular weight excluding hydrogens is 272 g/mol. The molecule has 0 radical (unpaired) electrons. The molecule has 20 heavy (non-hydrogen) atoms. The van der Waals surface area contributed by atoms with Crippen molar-refractivity contribution in [2.75, 3.05) is 13.7 Å². The fourth-order valence-corrected chi connectivity index (χ4v) is 4.70. The molecule has 1 aliphatic heterocycles. The first-order valence-corrected chi connectivity index (χ1v) is 10.3. The number of hydrogen-bond acceptors (Lipinski definition) is 4. The minimum Gasteiger partial charge on any atom is -0.414 e. The zero-order valence-corrected chi connectivity index (χ0v) is 14.9. The number of methoxy groups -OCH3 is 1. The lowest BCUT2D eigenvalue weighted by Gasteiger charge is -2.43. The lowest BCUT2D eigenvalue weighted by molar-refractivity contribution is -0.126. The maximum atomic E-state index is 11.1. The summed E-state index contributed by atoms with van der Waals surface area (Å²) in [6.07, 6.45) is 1.15. The van der Waals surface area contributed by atoms with Crippen LogP contribution >= 0.6 is 0 Å². The fourth-order valence-electron chi connectivity index (χ4n) is 2.35. The first kappa shape index (κ1) is 17.8. The van der Waals surface area contributed by atoms with Gasteiger partial charge in [-0.2, -0.15) is 0 Å². The third-order valence-electron chi connectivity index (χ3n) is 5.31. The van der Waals surface area contributed by atoms with E-state index in [1.54, 1.807) is 7.11 Å². The van der Waals surface area contributed by atoms with Crippen molar-refractivity contribution in [2.24, 2.45) is 11.8 Å². The van der Waals surface area contributed by atoms with Crippen LogP contribution < -0.4 is 0 Å².